The second kappa shape index (κ2) is 4.70. The molecule has 0 spiro atoms. The molecule has 1 aromatic heterocycles. The molecule has 2 N–H and O–H groups in total. The Morgan fingerprint density at radius 2 is 2.47 bits per heavy atom. The highest BCUT2D eigenvalue weighted by atomic mass is 32.1. The summed E-state index contributed by atoms with van der Waals surface area (Å²) >= 11 is 1.27. The zero-order valence-corrected chi connectivity index (χ0v) is 10.2. The number of piperidine rings is 1. The Morgan fingerprint density at radius 3 is 3.06 bits per heavy atom. The van der Waals surface area contributed by atoms with Crippen molar-refractivity contribution in [1.29, 1.82) is 0 Å². The number of likely N-dealkylation sites (N-methyl/N-ethyl adjacent to an activating group) is 1. The van der Waals surface area contributed by atoms with Crippen molar-refractivity contribution in [1.82, 2.24) is 9.88 Å². The SMILES string of the molecule is CN1CC(Nc2nc(C(=O)O)cs2)CCC1=O. The number of carbonyl (C=O) groups excluding carboxylic acids is 1. The van der Waals surface area contributed by atoms with Gasteiger partial charge in [0.2, 0.25) is 5.91 Å². The van der Waals surface area contributed by atoms with E-state index in [0.717, 1.165) is 6.42 Å². The van der Waals surface area contributed by atoms with E-state index in [9.17, 15) is 9.59 Å². The summed E-state index contributed by atoms with van der Waals surface area (Å²) in [6.45, 7) is 0.626. The maximum Gasteiger partial charge on any atom is 0.355 e. The Morgan fingerprint density at radius 1 is 1.71 bits per heavy atom. The molecule has 6 nitrogen and oxygen atoms in total. The summed E-state index contributed by atoms with van der Waals surface area (Å²) in [6.07, 6.45) is 1.27. The van der Waals surface area contributed by atoms with E-state index in [4.69, 9.17) is 5.11 Å². The zero-order chi connectivity index (χ0) is 12.4. The molecule has 0 bridgehead atoms. The Kier molecular flexibility index (Phi) is 3.28. The fourth-order valence-electron chi connectivity index (χ4n) is 1.74. The van der Waals surface area contributed by atoms with Crippen molar-refractivity contribution in [2.75, 3.05) is 18.9 Å². The number of nitrogens with one attached hydrogen (secondary N) is 1. The molecule has 0 aromatic carbocycles. The second-order valence-corrected chi connectivity index (χ2v) is 4.86. The highest BCUT2D eigenvalue weighted by Crippen LogP contribution is 2.19. The van der Waals surface area contributed by atoms with Crippen LogP contribution in [-0.4, -0.2) is 46.5 Å². The highest BCUT2D eigenvalue weighted by molar-refractivity contribution is 7.13. The average Bonchev–Trinajstić information content (AvgIpc) is 2.72. The highest BCUT2D eigenvalue weighted by Gasteiger charge is 2.23. The first-order valence-electron chi connectivity index (χ1n) is 5.25. The number of carboxylic acid groups (broad SMARTS) is 1. The molecule has 0 radical (unpaired) electrons. The summed E-state index contributed by atoms with van der Waals surface area (Å²) in [4.78, 5) is 27.6. The van der Waals surface area contributed by atoms with Gasteiger partial charge in [0.05, 0.1) is 0 Å². The molecule has 7 heteroatoms. The molecule has 1 atom stereocenters. The fourth-order valence-corrected chi connectivity index (χ4v) is 2.51. The summed E-state index contributed by atoms with van der Waals surface area (Å²) in [5, 5.41) is 14.0. The van der Waals surface area contributed by atoms with Crippen LogP contribution in [0.5, 0.6) is 0 Å². The lowest BCUT2D eigenvalue weighted by atomic mass is 10.1. The van der Waals surface area contributed by atoms with Crippen LogP contribution in [0, 0.1) is 0 Å². The van der Waals surface area contributed by atoms with Crippen molar-refractivity contribution in [2.45, 2.75) is 18.9 Å². The molecule has 1 saturated heterocycles. The third-order valence-corrected chi connectivity index (χ3v) is 3.45. The molecular formula is C10H13N3O3S. The Bertz CT molecular complexity index is 446. The number of likely N-dealkylation sites (tertiary alicyclic amines) is 1. The van der Waals surface area contributed by atoms with E-state index >= 15 is 0 Å². The van der Waals surface area contributed by atoms with E-state index in [1.165, 1.54) is 16.7 Å². The summed E-state index contributed by atoms with van der Waals surface area (Å²) in [5.41, 5.74) is 0.0535. The maximum absolute atomic E-state index is 11.3. The minimum atomic E-state index is -1.02. The van der Waals surface area contributed by atoms with E-state index in [1.807, 2.05) is 0 Å². The summed E-state index contributed by atoms with van der Waals surface area (Å²) in [6, 6.07) is 0.144. The number of thiazole rings is 1. The van der Waals surface area contributed by atoms with Gasteiger partial charge in [-0.25, -0.2) is 9.78 Å². The van der Waals surface area contributed by atoms with Gasteiger partial charge in [-0.05, 0) is 6.42 Å². The van der Waals surface area contributed by atoms with Crippen LogP contribution in [0.1, 0.15) is 23.3 Å². The fraction of sp³-hybridized carbons (Fsp3) is 0.500. The molecular weight excluding hydrogens is 242 g/mol. The number of carboxylic acids is 1. The van der Waals surface area contributed by atoms with Gasteiger partial charge >= 0.3 is 5.97 Å². The van der Waals surface area contributed by atoms with Crippen LogP contribution in [-0.2, 0) is 4.79 Å². The molecule has 2 heterocycles. The number of hydrogen-bond acceptors (Lipinski definition) is 5. The molecule has 1 unspecified atom stereocenters. The normalized spacial score (nSPS) is 20.4. The number of carbonyl (C=O) groups is 2. The number of aromatic nitrogens is 1. The molecule has 0 aliphatic carbocycles. The molecule has 1 amide bonds. The number of nitrogens with zero attached hydrogens (tertiary/aromatic N) is 2. The number of aromatic carboxylic acids is 1. The van der Waals surface area contributed by atoms with Crippen LogP contribution in [0.3, 0.4) is 0 Å². The molecule has 17 heavy (non-hydrogen) atoms. The van der Waals surface area contributed by atoms with Crippen molar-refractivity contribution in [2.24, 2.45) is 0 Å². The molecule has 2 rings (SSSR count). The third kappa shape index (κ3) is 2.73. The van der Waals surface area contributed by atoms with Crippen molar-refractivity contribution in [3.8, 4) is 0 Å². The summed E-state index contributed by atoms with van der Waals surface area (Å²) in [7, 11) is 1.76. The monoisotopic (exact) mass is 255 g/mol. The van der Waals surface area contributed by atoms with E-state index < -0.39 is 5.97 Å². The third-order valence-electron chi connectivity index (χ3n) is 2.68. The lowest BCUT2D eigenvalue weighted by Gasteiger charge is -2.29. The summed E-state index contributed by atoms with van der Waals surface area (Å²) < 4.78 is 0. The van der Waals surface area contributed by atoms with Crippen LogP contribution in [0.25, 0.3) is 0 Å². The number of hydrogen-bond donors (Lipinski definition) is 2. The minimum Gasteiger partial charge on any atom is -0.476 e. The molecule has 1 aromatic rings. The first-order valence-corrected chi connectivity index (χ1v) is 6.13. The van der Waals surface area contributed by atoms with Gasteiger partial charge in [-0.15, -0.1) is 11.3 Å². The van der Waals surface area contributed by atoms with Gasteiger partial charge in [0, 0.05) is 31.4 Å². The van der Waals surface area contributed by atoms with Crippen LogP contribution < -0.4 is 5.32 Å². The Labute approximate surface area is 102 Å². The van der Waals surface area contributed by atoms with Gasteiger partial charge in [0.25, 0.3) is 0 Å². The van der Waals surface area contributed by atoms with Crippen LogP contribution >= 0.6 is 11.3 Å². The van der Waals surface area contributed by atoms with Crippen LogP contribution in [0.2, 0.25) is 0 Å². The first kappa shape index (κ1) is 11.8. The Balaban J connectivity index is 1.96. The molecule has 0 saturated carbocycles. The smallest absolute Gasteiger partial charge is 0.355 e. The number of amides is 1. The minimum absolute atomic E-state index is 0.0535. The van der Waals surface area contributed by atoms with E-state index in [2.05, 4.69) is 10.3 Å². The number of anilines is 1. The molecule has 92 valence electrons. The van der Waals surface area contributed by atoms with Gasteiger partial charge < -0.3 is 15.3 Å². The number of rotatable bonds is 3. The van der Waals surface area contributed by atoms with Crippen molar-refractivity contribution in [3.63, 3.8) is 0 Å². The van der Waals surface area contributed by atoms with Gasteiger partial charge in [-0.1, -0.05) is 0 Å². The topological polar surface area (TPSA) is 82.5 Å². The van der Waals surface area contributed by atoms with Crippen molar-refractivity contribution < 1.29 is 14.7 Å². The molecule has 1 aliphatic heterocycles. The first-order chi connectivity index (χ1) is 8.06. The average molecular weight is 255 g/mol. The molecule has 1 aliphatic rings. The van der Waals surface area contributed by atoms with Crippen molar-refractivity contribution >= 4 is 28.3 Å². The van der Waals surface area contributed by atoms with Crippen molar-refractivity contribution in [3.05, 3.63) is 11.1 Å². The standard InChI is InChI=1S/C10H13N3O3S/c1-13-4-6(2-3-8(13)14)11-10-12-7(5-17-10)9(15)16/h5-6H,2-4H2,1H3,(H,11,12)(H,15,16). The van der Waals surface area contributed by atoms with Crippen LogP contribution in [0.4, 0.5) is 5.13 Å². The van der Waals surface area contributed by atoms with E-state index in [-0.39, 0.29) is 17.6 Å². The van der Waals surface area contributed by atoms with Gasteiger partial charge in [0.15, 0.2) is 10.8 Å². The quantitative estimate of drug-likeness (QED) is 0.837. The van der Waals surface area contributed by atoms with Gasteiger partial charge in [-0.2, -0.15) is 0 Å². The Hall–Kier alpha value is -1.63. The lowest BCUT2D eigenvalue weighted by molar-refractivity contribution is -0.132. The molecule has 1 fully saturated rings. The van der Waals surface area contributed by atoms with Crippen LogP contribution in [0.15, 0.2) is 5.38 Å². The zero-order valence-electron chi connectivity index (χ0n) is 9.34. The van der Waals surface area contributed by atoms with Gasteiger partial charge in [-0.3, -0.25) is 4.79 Å². The maximum atomic E-state index is 11.3. The second-order valence-electron chi connectivity index (χ2n) is 4.00. The van der Waals surface area contributed by atoms with E-state index in [0.29, 0.717) is 18.1 Å². The lowest BCUT2D eigenvalue weighted by Crippen LogP contribution is -2.43. The largest absolute Gasteiger partial charge is 0.476 e. The van der Waals surface area contributed by atoms with E-state index in [1.54, 1.807) is 11.9 Å². The summed E-state index contributed by atoms with van der Waals surface area (Å²) in [5.74, 6) is -0.876. The predicted molar refractivity (Wildman–Crippen MR) is 63.4 cm³/mol. The predicted octanol–water partition coefficient (Wildman–Crippen LogP) is 0.874. The van der Waals surface area contributed by atoms with Gasteiger partial charge in [0.1, 0.15) is 0 Å².